The fourth-order valence-corrected chi connectivity index (χ4v) is 3.24. The predicted molar refractivity (Wildman–Crippen MR) is 79.5 cm³/mol. The first-order valence-electron chi connectivity index (χ1n) is 7.29. The molecular formula is C17H22N2O. The Morgan fingerprint density at radius 2 is 1.70 bits per heavy atom. The van der Waals surface area contributed by atoms with Gasteiger partial charge in [0, 0.05) is 5.56 Å². The van der Waals surface area contributed by atoms with Crippen molar-refractivity contribution in [2.24, 2.45) is 0 Å². The van der Waals surface area contributed by atoms with Crippen molar-refractivity contribution in [1.29, 1.82) is 5.26 Å². The van der Waals surface area contributed by atoms with Crippen LogP contribution in [0.1, 0.15) is 59.2 Å². The number of benzene rings is 1. The Kier molecular flexibility index (Phi) is 4.13. The number of carbonyl (C=O) groups is 1. The van der Waals surface area contributed by atoms with Crippen molar-refractivity contribution in [2.45, 2.75) is 58.4 Å². The molecule has 0 aliphatic heterocycles. The molecule has 1 aliphatic carbocycles. The fraction of sp³-hybridized carbons (Fsp3) is 0.529. The summed E-state index contributed by atoms with van der Waals surface area (Å²) >= 11 is 0. The monoisotopic (exact) mass is 270 g/mol. The van der Waals surface area contributed by atoms with Gasteiger partial charge in [-0.15, -0.1) is 0 Å². The predicted octanol–water partition coefficient (Wildman–Crippen LogP) is 3.57. The Labute approximate surface area is 121 Å². The van der Waals surface area contributed by atoms with Gasteiger partial charge < -0.3 is 5.32 Å². The molecule has 20 heavy (non-hydrogen) atoms. The summed E-state index contributed by atoms with van der Waals surface area (Å²) in [7, 11) is 0. The number of carbonyl (C=O) groups excluding carboxylic acids is 1. The molecular weight excluding hydrogens is 248 g/mol. The van der Waals surface area contributed by atoms with Crippen LogP contribution in [0.4, 0.5) is 0 Å². The maximum absolute atomic E-state index is 12.6. The lowest BCUT2D eigenvalue weighted by molar-refractivity contribution is 0.0901. The van der Waals surface area contributed by atoms with Crippen molar-refractivity contribution in [3.8, 4) is 6.07 Å². The minimum absolute atomic E-state index is 0.108. The van der Waals surface area contributed by atoms with Gasteiger partial charge in [0.25, 0.3) is 5.91 Å². The third-order valence-electron chi connectivity index (χ3n) is 4.18. The first-order chi connectivity index (χ1) is 9.47. The molecule has 1 saturated carbocycles. The van der Waals surface area contributed by atoms with Gasteiger partial charge in [0.15, 0.2) is 0 Å². The lowest BCUT2D eigenvalue weighted by atomic mass is 9.82. The zero-order chi connectivity index (χ0) is 14.8. The highest BCUT2D eigenvalue weighted by Gasteiger charge is 2.34. The Balaban J connectivity index is 2.26. The summed E-state index contributed by atoms with van der Waals surface area (Å²) < 4.78 is 0. The largest absolute Gasteiger partial charge is 0.334 e. The van der Waals surface area contributed by atoms with E-state index in [9.17, 15) is 10.1 Å². The molecule has 106 valence electrons. The normalized spacial score (nSPS) is 17.3. The number of aryl methyl sites for hydroxylation is 3. The van der Waals surface area contributed by atoms with Gasteiger partial charge in [-0.05, 0) is 44.7 Å². The van der Waals surface area contributed by atoms with Gasteiger partial charge >= 0.3 is 0 Å². The molecule has 1 aliphatic rings. The van der Waals surface area contributed by atoms with E-state index < -0.39 is 5.54 Å². The van der Waals surface area contributed by atoms with E-state index in [1.54, 1.807) is 0 Å². The zero-order valence-electron chi connectivity index (χ0n) is 12.5. The molecule has 0 heterocycles. The standard InChI is InChI=1S/C17H22N2O/c1-12-9-13(2)15(14(3)10-12)16(20)19-17(11-18)7-5-4-6-8-17/h9-10H,4-8H2,1-3H3,(H,19,20). The summed E-state index contributed by atoms with van der Waals surface area (Å²) in [5.74, 6) is -0.108. The molecule has 0 spiro atoms. The highest BCUT2D eigenvalue weighted by atomic mass is 16.1. The summed E-state index contributed by atoms with van der Waals surface area (Å²) in [6.45, 7) is 5.93. The van der Waals surface area contributed by atoms with E-state index in [0.717, 1.165) is 54.4 Å². The summed E-state index contributed by atoms with van der Waals surface area (Å²) in [5, 5.41) is 12.5. The maximum Gasteiger partial charge on any atom is 0.253 e. The molecule has 3 nitrogen and oxygen atoms in total. The molecule has 0 unspecified atom stereocenters. The Morgan fingerprint density at radius 3 is 2.20 bits per heavy atom. The zero-order valence-corrected chi connectivity index (χ0v) is 12.5. The number of nitrogens with one attached hydrogen (secondary N) is 1. The molecule has 1 amide bonds. The highest BCUT2D eigenvalue weighted by molar-refractivity contribution is 5.97. The number of nitriles is 1. The van der Waals surface area contributed by atoms with Crippen LogP contribution in [-0.4, -0.2) is 11.4 Å². The Bertz CT molecular complexity index is 540. The second-order valence-electron chi connectivity index (χ2n) is 5.98. The average molecular weight is 270 g/mol. The molecule has 1 N–H and O–H groups in total. The minimum Gasteiger partial charge on any atom is -0.334 e. The topological polar surface area (TPSA) is 52.9 Å². The second-order valence-corrected chi connectivity index (χ2v) is 5.98. The van der Waals surface area contributed by atoms with Crippen LogP contribution in [0.15, 0.2) is 12.1 Å². The molecule has 0 radical (unpaired) electrons. The van der Waals surface area contributed by atoms with Crippen LogP contribution in [0.3, 0.4) is 0 Å². The molecule has 1 aromatic carbocycles. The average Bonchev–Trinajstić information content (AvgIpc) is 2.38. The van der Waals surface area contributed by atoms with Crippen LogP contribution in [0.5, 0.6) is 0 Å². The van der Waals surface area contributed by atoms with Gasteiger partial charge in [-0.25, -0.2) is 0 Å². The number of hydrogen-bond acceptors (Lipinski definition) is 2. The molecule has 0 aromatic heterocycles. The molecule has 3 heteroatoms. The van der Waals surface area contributed by atoms with Crippen molar-refractivity contribution in [3.05, 3.63) is 34.4 Å². The van der Waals surface area contributed by atoms with Gasteiger partial charge in [-0.2, -0.15) is 5.26 Å². The van der Waals surface area contributed by atoms with E-state index in [0.29, 0.717) is 0 Å². The van der Waals surface area contributed by atoms with Crippen molar-refractivity contribution in [2.75, 3.05) is 0 Å². The van der Waals surface area contributed by atoms with Crippen LogP contribution in [0.2, 0.25) is 0 Å². The van der Waals surface area contributed by atoms with E-state index in [1.807, 2.05) is 32.9 Å². The molecule has 0 atom stereocenters. The summed E-state index contributed by atoms with van der Waals surface area (Å²) in [6.07, 6.45) is 4.71. The Morgan fingerprint density at radius 1 is 1.15 bits per heavy atom. The summed E-state index contributed by atoms with van der Waals surface area (Å²) in [4.78, 5) is 12.6. The SMILES string of the molecule is Cc1cc(C)c(C(=O)NC2(C#N)CCCCC2)c(C)c1. The van der Waals surface area contributed by atoms with Gasteiger partial charge in [0.05, 0.1) is 6.07 Å². The molecule has 1 fully saturated rings. The first-order valence-corrected chi connectivity index (χ1v) is 7.29. The maximum atomic E-state index is 12.6. The van der Waals surface area contributed by atoms with Gasteiger partial charge in [0.1, 0.15) is 5.54 Å². The van der Waals surface area contributed by atoms with Gasteiger partial charge in [0.2, 0.25) is 0 Å². The minimum atomic E-state index is -0.668. The summed E-state index contributed by atoms with van der Waals surface area (Å²) in [5.41, 5.74) is 3.16. The van der Waals surface area contributed by atoms with Crippen LogP contribution >= 0.6 is 0 Å². The summed E-state index contributed by atoms with van der Waals surface area (Å²) in [6, 6.07) is 6.37. The van der Waals surface area contributed by atoms with Crippen molar-refractivity contribution < 1.29 is 4.79 Å². The third kappa shape index (κ3) is 2.85. The molecule has 0 bridgehead atoms. The van der Waals surface area contributed by atoms with Gasteiger partial charge in [-0.1, -0.05) is 37.0 Å². The molecule has 0 saturated heterocycles. The third-order valence-corrected chi connectivity index (χ3v) is 4.18. The van der Waals surface area contributed by atoms with Crippen LogP contribution in [-0.2, 0) is 0 Å². The van der Waals surface area contributed by atoms with E-state index in [-0.39, 0.29) is 5.91 Å². The van der Waals surface area contributed by atoms with Crippen LogP contribution in [0.25, 0.3) is 0 Å². The quantitative estimate of drug-likeness (QED) is 0.893. The fourth-order valence-electron chi connectivity index (χ4n) is 3.24. The highest BCUT2D eigenvalue weighted by Crippen LogP contribution is 2.28. The lowest BCUT2D eigenvalue weighted by Crippen LogP contribution is -2.48. The van der Waals surface area contributed by atoms with Crippen LogP contribution in [0, 0.1) is 32.1 Å². The lowest BCUT2D eigenvalue weighted by Gasteiger charge is -2.32. The van der Waals surface area contributed by atoms with Crippen molar-refractivity contribution in [3.63, 3.8) is 0 Å². The number of hydrogen-bond donors (Lipinski definition) is 1. The van der Waals surface area contributed by atoms with Crippen molar-refractivity contribution >= 4 is 5.91 Å². The van der Waals surface area contributed by atoms with Crippen LogP contribution < -0.4 is 5.32 Å². The van der Waals surface area contributed by atoms with Gasteiger partial charge in [-0.3, -0.25) is 4.79 Å². The van der Waals surface area contributed by atoms with E-state index in [2.05, 4.69) is 11.4 Å². The molecule has 1 aromatic rings. The van der Waals surface area contributed by atoms with E-state index >= 15 is 0 Å². The first kappa shape index (κ1) is 14.6. The molecule has 2 rings (SSSR count). The van der Waals surface area contributed by atoms with E-state index in [4.69, 9.17) is 0 Å². The van der Waals surface area contributed by atoms with Crippen molar-refractivity contribution in [1.82, 2.24) is 5.32 Å². The number of rotatable bonds is 2. The van der Waals surface area contributed by atoms with E-state index in [1.165, 1.54) is 0 Å². The smallest absolute Gasteiger partial charge is 0.253 e. The second kappa shape index (κ2) is 5.66. The Hall–Kier alpha value is -1.82. The number of amides is 1. The number of nitrogens with zero attached hydrogens (tertiary/aromatic N) is 1.